The van der Waals surface area contributed by atoms with E-state index in [4.69, 9.17) is 28.2 Å². The van der Waals surface area contributed by atoms with Crippen LogP contribution < -0.4 is 20.9 Å². The molecule has 2 saturated heterocycles. The van der Waals surface area contributed by atoms with Crippen molar-refractivity contribution in [2.45, 2.75) is 49.1 Å². The number of phosphoric acid groups is 2. The zero-order chi connectivity index (χ0) is 33.7. The summed E-state index contributed by atoms with van der Waals surface area (Å²) >= 11 is 0. The van der Waals surface area contributed by atoms with E-state index in [2.05, 4.69) is 23.8 Å². The molecule has 23 heteroatoms. The molecule has 2 aliphatic rings. The molecule has 2 fully saturated rings. The van der Waals surface area contributed by atoms with Crippen LogP contribution in [0.4, 0.5) is 5.82 Å². The quantitative estimate of drug-likeness (QED) is 0.0765. The highest BCUT2D eigenvalue weighted by Gasteiger charge is 2.52. The highest BCUT2D eigenvalue weighted by Crippen LogP contribution is 2.59. The van der Waals surface area contributed by atoms with Gasteiger partial charge in [0.15, 0.2) is 36.2 Å². The van der Waals surface area contributed by atoms with Crippen molar-refractivity contribution in [1.82, 2.24) is 19.5 Å². The summed E-state index contributed by atoms with van der Waals surface area (Å²) < 4.78 is 67.5. The lowest BCUT2D eigenvalue weighted by molar-refractivity contribution is -0.765. The summed E-state index contributed by atoms with van der Waals surface area (Å²) in [5.74, 6) is -1.06. The van der Waals surface area contributed by atoms with Crippen molar-refractivity contribution in [3.05, 3.63) is 42.7 Å². The highest BCUT2D eigenvalue weighted by atomic mass is 31.3. The Bertz CT molecular complexity index is 1740. The molecule has 21 nitrogen and oxygen atoms in total. The van der Waals surface area contributed by atoms with E-state index in [-0.39, 0.29) is 22.5 Å². The number of phosphoric ester groups is 2. The number of anilines is 1. The number of primary amides is 1. The van der Waals surface area contributed by atoms with E-state index in [9.17, 15) is 44.1 Å². The number of imidazole rings is 1. The lowest BCUT2D eigenvalue weighted by Crippen LogP contribution is -2.46. The summed E-state index contributed by atoms with van der Waals surface area (Å²) in [6.45, 7) is -1.93. The second-order valence-electron chi connectivity index (χ2n) is 9.51. The van der Waals surface area contributed by atoms with E-state index in [1.807, 2.05) is 0 Å². The predicted molar refractivity (Wildman–Crippen MR) is 137 cm³/mol. The lowest BCUT2D eigenvalue weighted by atomic mass is 10.1. The van der Waals surface area contributed by atoms with Crippen LogP contribution in [0.2, 0.25) is 0 Å². The monoisotopic (exact) mass is 667 g/mol. The average molecular weight is 667 g/mol. The number of nitrogens with zero attached hydrogens (tertiary/aromatic N) is 5. The Hall–Kier alpha value is -3.01. The van der Waals surface area contributed by atoms with Crippen molar-refractivity contribution in [3.63, 3.8) is 0 Å². The molecular weight excluding hydrogens is 636 g/mol. The van der Waals surface area contributed by atoms with Gasteiger partial charge >= 0.3 is 7.82 Å². The third-order valence-corrected chi connectivity index (χ3v) is 9.22. The van der Waals surface area contributed by atoms with Crippen LogP contribution in [0.15, 0.2) is 37.1 Å². The fourth-order valence-electron chi connectivity index (χ4n) is 4.56. The number of hydrogen-bond acceptors (Lipinski definition) is 17. The molecule has 0 radical (unpaired) electrons. The third kappa shape index (κ3) is 6.51. The predicted octanol–water partition coefficient (Wildman–Crippen LogP) is -3.65. The maximum Gasteiger partial charge on any atom is 0.478 e. The molecule has 0 aliphatic carbocycles. The molecule has 5 heterocycles. The average Bonchev–Trinajstić information content (AvgIpc) is 3.57. The third-order valence-electron chi connectivity index (χ3n) is 6.62. The molecule has 10 atom stereocenters. The van der Waals surface area contributed by atoms with Crippen molar-refractivity contribution < 1.29 is 74.3 Å². The minimum Gasteiger partial charge on any atom is -0.756 e. The number of aromatic nitrogens is 5. The summed E-state index contributed by atoms with van der Waals surface area (Å²) in [6.07, 6.45) is -12.0. The first-order valence-corrected chi connectivity index (χ1v) is 15.4. The van der Waals surface area contributed by atoms with E-state index in [1.54, 1.807) is 0 Å². The van der Waals surface area contributed by atoms with Crippen LogP contribution in [-0.4, -0.2) is 101 Å². The standard InChI is InChI=1S/C21H27N7O14P2/c22-17-12-19(25-7-24-17)28(8-26-12)21-14(31)13(30)11(40-21)6-38-43(34,35)42-44(36,37)41-16-10(5-29)39-20(15(16)32)27-3-1-2-9(4-27)18(23)33/h1-4,7-8,10-11,13-16,20-21,29-32H,5-6H2,(H5-,22,23,24,25,33,34,35,36,37)/t10-,11-,13-,14-,15-,16-,20-,21-/m1/s1/i7T,8T. The molecule has 0 spiro atoms. The summed E-state index contributed by atoms with van der Waals surface area (Å²) in [7, 11) is -11.4. The first-order chi connectivity index (χ1) is 21.5. The van der Waals surface area contributed by atoms with Crippen LogP contribution >= 0.6 is 15.6 Å². The van der Waals surface area contributed by atoms with Gasteiger partial charge in [0.2, 0.25) is 0 Å². The number of nitrogens with two attached hydrogens (primary N) is 2. The number of aliphatic hydroxyl groups is 4. The van der Waals surface area contributed by atoms with Crippen LogP contribution in [0.25, 0.3) is 11.2 Å². The summed E-state index contributed by atoms with van der Waals surface area (Å²) in [4.78, 5) is 45.5. The number of carbonyl (C=O) groups is 1. The van der Waals surface area contributed by atoms with Gasteiger partial charge in [-0.25, -0.2) is 23.8 Å². The first kappa shape index (κ1) is 29.7. The second kappa shape index (κ2) is 12.4. The van der Waals surface area contributed by atoms with Crippen LogP contribution in [0.3, 0.4) is 0 Å². The molecule has 9 N–H and O–H groups in total. The van der Waals surface area contributed by atoms with Crippen LogP contribution in [-0.2, 0) is 32.0 Å². The maximum atomic E-state index is 12.6. The van der Waals surface area contributed by atoms with E-state index in [1.165, 1.54) is 24.5 Å². The Morgan fingerprint density at radius 1 is 1.18 bits per heavy atom. The van der Waals surface area contributed by atoms with Crippen LogP contribution in [0.5, 0.6) is 0 Å². The zero-order valence-electron chi connectivity index (χ0n) is 24.0. The number of carbonyl (C=O) groups excluding carboxylic acids is 1. The number of aliphatic hydroxyl groups excluding tert-OH is 4. The Kier molecular flexibility index (Phi) is 8.37. The SMILES string of the molecule is [3H]c1nc(N)c2nc([3H])n([C@@H]3O[C@H](COP(=O)(O)OP(=O)([O-])O[C@H]4[C@@H](O)[C@H]([n+]5cccc(C(N)=O)c5)O[C@@H]4CO)[C@@H](O)[C@H]3O)c2n1. The molecule has 44 heavy (non-hydrogen) atoms. The normalized spacial score (nSPS) is 32.2. The number of fused-ring (bicyclic) bond motifs is 1. The van der Waals surface area contributed by atoms with Gasteiger partial charge in [0, 0.05) is 6.07 Å². The topological polar surface area (TPSA) is 321 Å². The molecule has 3 aromatic heterocycles. The minimum atomic E-state index is -5.83. The highest BCUT2D eigenvalue weighted by molar-refractivity contribution is 7.60. The molecule has 240 valence electrons. The number of rotatable bonds is 11. The number of hydrogen-bond donors (Lipinski definition) is 7. The van der Waals surface area contributed by atoms with Crippen molar-refractivity contribution in [1.29, 1.82) is 0 Å². The maximum absolute atomic E-state index is 12.6. The fourth-order valence-corrected chi connectivity index (χ4v) is 6.80. The van der Waals surface area contributed by atoms with Gasteiger partial charge in [-0.2, -0.15) is 4.57 Å². The molecule has 0 aromatic carbocycles. The van der Waals surface area contributed by atoms with Gasteiger partial charge in [-0.3, -0.25) is 18.5 Å². The van der Waals surface area contributed by atoms with Gasteiger partial charge in [0.1, 0.15) is 50.6 Å². The van der Waals surface area contributed by atoms with E-state index < -0.39 is 96.5 Å². The molecule has 5 rings (SSSR count). The zero-order valence-corrected chi connectivity index (χ0v) is 23.8. The summed E-state index contributed by atoms with van der Waals surface area (Å²) in [5, 5.41) is 41.5. The van der Waals surface area contributed by atoms with E-state index in [0.717, 1.165) is 9.13 Å². The smallest absolute Gasteiger partial charge is 0.478 e. The Morgan fingerprint density at radius 3 is 2.64 bits per heavy atom. The van der Waals surface area contributed by atoms with Gasteiger partial charge in [-0.15, -0.1) is 0 Å². The molecule has 0 bridgehead atoms. The fraction of sp³-hybridized carbons (Fsp3) is 0.476. The van der Waals surface area contributed by atoms with Gasteiger partial charge in [-0.1, -0.05) is 0 Å². The number of ether oxygens (including phenoxy) is 2. The number of nitrogen functional groups attached to an aromatic ring is 1. The van der Waals surface area contributed by atoms with E-state index in [0.29, 0.717) is 0 Å². The Labute approximate surface area is 249 Å². The van der Waals surface area contributed by atoms with Gasteiger partial charge < -0.3 is 55.7 Å². The molecular formula is C21H27N7O14P2. The molecule has 0 saturated carbocycles. The van der Waals surface area contributed by atoms with Gasteiger partial charge in [-0.05, 0) is 6.07 Å². The first-order valence-electron chi connectivity index (χ1n) is 13.4. The number of amides is 1. The molecule has 3 aromatic rings. The largest absolute Gasteiger partial charge is 0.756 e. The molecule has 1 amide bonds. The van der Waals surface area contributed by atoms with Gasteiger partial charge in [0.25, 0.3) is 20.0 Å². The Balaban J connectivity index is 1.24. The number of pyridine rings is 1. The molecule has 2 unspecified atom stereocenters. The van der Waals surface area contributed by atoms with Crippen LogP contribution in [0, 0.1) is 0 Å². The summed E-state index contributed by atoms with van der Waals surface area (Å²) in [5.41, 5.74) is 10.7. The summed E-state index contributed by atoms with van der Waals surface area (Å²) in [6, 6.07) is 2.74. The minimum absolute atomic E-state index is 0.00814. The van der Waals surface area contributed by atoms with Crippen molar-refractivity contribution in [2.24, 2.45) is 5.73 Å². The second-order valence-corrected chi connectivity index (χ2v) is 12.5. The van der Waals surface area contributed by atoms with Crippen LogP contribution in [0.1, 0.15) is 25.6 Å². The van der Waals surface area contributed by atoms with E-state index >= 15 is 0 Å². The molecule has 2 aliphatic heterocycles. The van der Waals surface area contributed by atoms with Crippen molar-refractivity contribution in [2.75, 3.05) is 18.9 Å². The Morgan fingerprint density at radius 2 is 1.93 bits per heavy atom. The van der Waals surface area contributed by atoms with Gasteiger partial charge in [0.05, 0.1) is 19.5 Å². The van der Waals surface area contributed by atoms with Crippen molar-refractivity contribution >= 4 is 38.5 Å². The lowest BCUT2D eigenvalue weighted by Gasteiger charge is -2.29. The van der Waals surface area contributed by atoms with Crippen molar-refractivity contribution in [3.8, 4) is 0 Å².